The molecule has 0 bridgehead atoms. The minimum atomic E-state index is 0.515. The molecule has 12 heavy (non-hydrogen) atoms. The van der Waals surface area contributed by atoms with Gasteiger partial charge in [-0.1, -0.05) is 31.5 Å². The van der Waals surface area contributed by atoms with Gasteiger partial charge in [-0.2, -0.15) is 5.90 Å². The lowest BCUT2D eigenvalue weighted by molar-refractivity contribution is 0.334. The van der Waals surface area contributed by atoms with E-state index in [1.54, 1.807) is 12.1 Å². The van der Waals surface area contributed by atoms with Crippen LogP contribution in [0.3, 0.4) is 0 Å². The van der Waals surface area contributed by atoms with Gasteiger partial charge in [-0.15, -0.1) is 0 Å². The molecule has 0 spiro atoms. The minimum absolute atomic E-state index is 0.515. The second kappa shape index (κ2) is 5.86. The number of halogens is 1. The summed E-state index contributed by atoms with van der Waals surface area (Å²) in [4.78, 5) is 4.49. The van der Waals surface area contributed by atoms with Crippen LogP contribution in [0, 0.1) is 6.92 Å². The first-order chi connectivity index (χ1) is 5.74. The summed E-state index contributed by atoms with van der Waals surface area (Å²) in [7, 11) is 0. The lowest BCUT2D eigenvalue weighted by Crippen LogP contribution is -2.02. The number of benzene rings is 1. The Morgan fingerprint density at radius 2 is 1.92 bits per heavy atom. The average Bonchev–Trinajstić information content (AvgIpc) is 2.13. The van der Waals surface area contributed by atoms with Crippen LogP contribution in [0.1, 0.15) is 19.4 Å². The van der Waals surface area contributed by atoms with Crippen LogP contribution in [0.2, 0.25) is 5.02 Å². The predicted octanol–water partition coefficient (Wildman–Crippen LogP) is 2.93. The Kier molecular flexibility index (Phi) is 5.51. The summed E-state index contributed by atoms with van der Waals surface area (Å²) in [5.74, 6) is 5.45. The number of hydrogen-bond acceptors (Lipinski definition) is 2. The van der Waals surface area contributed by atoms with Gasteiger partial charge in [-0.05, 0) is 24.6 Å². The molecule has 0 aliphatic rings. The molecule has 0 saturated carbocycles. The maximum atomic E-state index is 5.69. The van der Waals surface area contributed by atoms with Crippen LogP contribution in [0.25, 0.3) is 0 Å². The molecule has 0 aliphatic carbocycles. The molecule has 1 aromatic rings. The van der Waals surface area contributed by atoms with E-state index in [0.717, 1.165) is 5.56 Å². The fourth-order valence-electron chi connectivity index (χ4n) is 0.701. The van der Waals surface area contributed by atoms with E-state index in [2.05, 4.69) is 4.84 Å². The molecule has 0 aromatic heterocycles. The van der Waals surface area contributed by atoms with E-state index in [-0.39, 0.29) is 0 Å². The summed E-state index contributed by atoms with van der Waals surface area (Å²) in [5.41, 5.74) is 1.07. The molecule has 1 rings (SSSR count). The lowest BCUT2D eigenvalue weighted by atomic mass is 10.2. The molecule has 0 saturated heterocycles. The van der Waals surface area contributed by atoms with E-state index in [0.29, 0.717) is 10.8 Å². The lowest BCUT2D eigenvalue weighted by Gasteiger charge is -2.00. The molecule has 2 nitrogen and oxygen atoms in total. The first-order valence-electron chi connectivity index (χ1n) is 3.87. The maximum absolute atomic E-state index is 5.69. The fourth-order valence-corrected chi connectivity index (χ4v) is 0.863. The minimum Gasteiger partial charge on any atom is -0.410 e. The molecule has 0 amide bonds. The van der Waals surface area contributed by atoms with Crippen LogP contribution < -0.4 is 10.7 Å². The monoisotopic (exact) mass is 187 g/mol. The summed E-state index contributed by atoms with van der Waals surface area (Å²) < 4.78 is 0. The SMILES string of the molecule is CC.Cc1ccc(Cl)c(ON)c1. The van der Waals surface area contributed by atoms with Gasteiger partial charge in [0.15, 0.2) is 5.75 Å². The van der Waals surface area contributed by atoms with Crippen LogP contribution in [-0.4, -0.2) is 0 Å². The van der Waals surface area contributed by atoms with Crippen molar-refractivity contribution in [2.75, 3.05) is 0 Å². The van der Waals surface area contributed by atoms with Crippen LogP contribution in [0.5, 0.6) is 5.75 Å². The van der Waals surface area contributed by atoms with Crippen molar-refractivity contribution >= 4 is 11.6 Å². The molecular weight excluding hydrogens is 174 g/mol. The molecule has 3 heteroatoms. The molecule has 0 radical (unpaired) electrons. The van der Waals surface area contributed by atoms with Crippen molar-refractivity contribution in [3.8, 4) is 5.75 Å². The number of rotatable bonds is 1. The zero-order valence-electron chi connectivity index (χ0n) is 7.60. The van der Waals surface area contributed by atoms with Crippen molar-refractivity contribution in [1.82, 2.24) is 0 Å². The van der Waals surface area contributed by atoms with Crippen molar-refractivity contribution in [1.29, 1.82) is 0 Å². The molecular formula is C9H14ClNO. The number of aryl methyl sites for hydroxylation is 1. The zero-order valence-corrected chi connectivity index (χ0v) is 8.35. The van der Waals surface area contributed by atoms with Crippen molar-refractivity contribution in [3.05, 3.63) is 28.8 Å². The van der Waals surface area contributed by atoms with Crippen molar-refractivity contribution in [2.24, 2.45) is 5.90 Å². The first kappa shape index (κ1) is 11.3. The van der Waals surface area contributed by atoms with E-state index < -0.39 is 0 Å². The Morgan fingerprint density at radius 3 is 2.33 bits per heavy atom. The standard InChI is InChI=1S/C7H8ClNO.C2H6/c1-5-2-3-6(8)7(4-5)10-9;1-2/h2-4H,9H2,1H3;1-2H3. The van der Waals surface area contributed by atoms with Gasteiger partial charge in [0, 0.05) is 0 Å². The Labute approximate surface area is 78.2 Å². The highest BCUT2D eigenvalue weighted by molar-refractivity contribution is 6.32. The van der Waals surface area contributed by atoms with Crippen LogP contribution >= 0.6 is 11.6 Å². The van der Waals surface area contributed by atoms with Gasteiger partial charge < -0.3 is 4.84 Å². The number of hydrogen-bond donors (Lipinski definition) is 1. The highest BCUT2D eigenvalue weighted by Crippen LogP contribution is 2.23. The first-order valence-corrected chi connectivity index (χ1v) is 4.24. The van der Waals surface area contributed by atoms with Crippen LogP contribution in [-0.2, 0) is 0 Å². The molecule has 68 valence electrons. The van der Waals surface area contributed by atoms with Gasteiger partial charge in [-0.3, -0.25) is 0 Å². The molecule has 0 fully saturated rings. The Bertz CT molecular complexity index is 238. The van der Waals surface area contributed by atoms with Crippen molar-refractivity contribution < 1.29 is 4.84 Å². The normalized spacial score (nSPS) is 8.42. The third kappa shape index (κ3) is 3.11. The second-order valence-corrected chi connectivity index (χ2v) is 2.46. The fraction of sp³-hybridized carbons (Fsp3) is 0.333. The molecule has 0 atom stereocenters. The van der Waals surface area contributed by atoms with Gasteiger partial charge in [0.05, 0.1) is 5.02 Å². The molecule has 0 heterocycles. The van der Waals surface area contributed by atoms with Gasteiger partial charge >= 0.3 is 0 Å². The maximum Gasteiger partial charge on any atom is 0.165 e. The third-order valence-electron chi connectivity index (χ3n) is 1.21. The summed E-state index contributed by atoms with van der Waals surface area (Å²) in [6.45, 7) is 5.94. The quantitative estimate of drug-likeness (QED) is 0.687. The average molecular weight is 188 g/mol. The van der Waals surface area contributed by atoms with Gasteiger partial charge in [-0.25, -0.2) is 0 Å². The molecule has 0 unspecified atom stereocenters. The van der Waals surface area contributed by atoms with Crippen LogP contribution in [0.4, 0.5) is 0 Å². The topological polar surface area (TPSA) is 35.2 Å². The Hall–Kier alpha value is -0.730. The van der Waals surface area contributed by atoms with E-state index in [4.69, 9.17) is 17.5 Å². The second-order valence-electron chi connectivity index (χ2n) is 2.05. The van der Waals surface area contributed by atoms with E-state index in [1.165, 1.54) is 0 Å². The summed E-state index contributed by atoms with van der Waals surface area (Å²) in [6.07, 6.45) is 0. The Balaban J connectivity index is 0.000000561. The molecule has 1 aromatic carbocycles. The largest absolute Gasteiger partial charge is 0.410 e. The predicted molar refractivity (Wildman–Crippen MR) is 52.4 cm³/mol. The van der Waals surface area contributed by atoms with E-state index in [9.17, 15) is 0 Å². The Morgan fingerprint density at radius 1 is 1.33 bits per heavy atom. The molecule has 2 N–H and O–H groups in total. The zero-order chi connectivity index (χ0) is 9.56. The highest BCUT2D eigenvalue weighted by atomic mass is 35.5. The summed E-state index contributed by atoms with van der Waals surface area (Å²) in [5, 5.41) is 0.535. The van der Waals surface area contributed by atoms with E-state index >= 15 is 0 Å². The van der Waals surface area contributed by atoms with Gasteiger partial charge in [0.1, 0.15) is 0 Å². The van der Waals surface area contributed by atoms with E-state index in [1.807, 2.05) is 26.8 Å². The smallest absolute Gasteiger partial charge is 0.165 e. The van der Waals surface area contributed by atoms with Gasteiger partial charge in [0.25, 0.3) is 0 Å². The van der Waals surface area contributed by atoms with Crippen molar-refractivity contribution in [3.63, 3.8) is 0 Å². The van der Waals surface area contributed by atoms with Crippen LogP contribution in [0.15, 0.2) is 18.2 Å². The summed E-state index contributed by atoms with van der Waals surface area (Å²) in [6, 6.07) is 5.42. The van der Waals surface area contributed by atoms with Crippen molar-refractivity contribution in [2.45, 2.75) is 20.8 Å². The third-order valence-corrected chi connectivity index (χ3v) is 1.53. The number of nitrogens with two attached hydrogens (primary N) is 1. The summed E-state index contributed by atoms with van der Waals surface area (Å²) >= 11 is 5.69. The highest BCUT2D eigenvalue weighted by Gasteiger charge is 1.98. The van der Waals surface area contributed by atoms with Gasteiger partial charge in [0.2, 0.25) is 0 Å². The molecule has 0 aliphatic heterocycles.